The van der Waals surface area contributed by atoms with Gasteiger partial charge in [-0.05, 0) is 0 Å². The van der Waals surface area contributed by atoms with Crippen LogP contribution < -0.4 is 11.5 Å². The number of rotatable bonds is 6. The molecule has 0 heterocycles. The largest absolute Gasteiger partial charge is 0.481 e. The van der Waals surface area contributed by atoms with E-state index in [0.717, 1.165) is 0 Å². The maximum atomic E-state index is 9.86. The molecule has 0 unspecified atom stereocenters. The van der Waals surface area contributed by atoms with E-state index in [1.54, 1.807) is 0 Å². The zero-order valence-electron chi connectivity index (χ0n) is 8.80. The summed E-state index contributed by atoms with van der Waals surface area (Å²) in [5.41, 5.74) is 8.58. The topological polar surface area (TPSA) is 167 Å². The summed E-state index contributed by atoms with van der Waals surface area (Å²) in [4.78, 5) is 19.6. The lowest BCUT2D eigenvalue weighted by Crippen LogP contribution is -2.50. The predicted molar refractivity (Wildman–Crippen MR) is 54.2 cm³/mol. The standard InChI is InChI=1S/C4H11NO3.C4H7NO3/c5-4(1-6,2-7)3-8;5-3(6)1-2-4(7)8/h6-8H,1-3,5H2;1-2H2,(H2,5,6)(H,7,8). The molecule has 0 spiro atoms. The molecule has 0 saturated heterocycles. The minimum Gasteiger partial charge on any atom is -0.481 e. The number of carboxylic acid groups (broad SMARTS) is 1. The van der Waals surface area contributed by atoms with Crippen LogP contribution in [0.15, 0.2) is 0 Å². The highest BCUT2D eigenvalue weighted by Gasteiger charge is 2.20. The number of aliphatic hydroxyl groups is 3. The molecular weight excluding hydrogens is 220 g/mol. The van der Waals surface area contributed by atoms with E-state index in [0.29, 0.717) is 0 Å². The van der Waals surface area contributed by atoms with E-state index in [2.05, 4.69) is 5.73 Å². The monoisotopic (exact) mass is 238 g/mol. The smallest absolute Gasteiger partial charge is 0.303 e. The minimum absolute atomic E-state index is 0.0741. The second kappa shape index (κ2) is 9.04. The van der Waals surface area contributed by atoms with Crippen molar-refractivity contribution >= 4 is 11.9 Å². The van der Waals surface area contributed by atoms with Crippen LogP contribution in [-0.4, -0.2) is 57.7 Å². The van der Waals surface area contributed by atoms with E-state index in [1.165, 1.54) is 0 Å². The minimum atomic E-state index is -1.21. The van der Waals surface area contributed by atoms with Crippen molar-refractivity contribution in [1.82, 2.24) is 0 Å². The average molecular weight is 238 g/mol. The maximum Gasteiger partial charge on any atom is 0.303 e. The van der Waals surface area contributed by atoms with Crippen molar-refractivity contribution in [2.24, 2.45) is 11.5 Å². The van der Waals surface area contributed by atoms with Gasteiger partial charge in [0.25, 0.3) is 0 Å². The van der Waals surface area contributed by atoms with Gasteiger partial charge in [-0.25, -0.2) is 0 Å². The van der Waals surface area contributed by atoms with Gasteiger partial charge in [-0.15, -0.1) is 0 Å². The van der Waals surface area contributed by atoms with Gasteiger partial charge in [-0.1, -0.05) is 0 Å². The molecule has 8 heteroatoms. The van der Waals surface area contributed by atoms with Crippen molar-refractivity contribution < 1.29 is 30.0 Å². The molecular formula is C8H18N2O6. The summed E-state index contributed by atoms with van der Waals surface area (Å²) in [5, 5.41) is 33.0. The first-order chi connectivity index (χ1) is 7.31. The molecule has 8 N–H and O–H groups in total. The van der Waals surface area contributed by atoms with Crippen LogP contribution >= 0.6 is 0 Å². The second-order valence-electron chi connectivity index (χ2n) is 3.20. The lowest BCUT2D eigenvalue weighted by Gasteiger charge is -2.20. The van der Waals surface area contributed by atoms with E-state index in [-0.39, 0.29) is 12.8 Å². The van der Waals surface area contributed by atoms with Gasteiger partial charge < -0.3 is 31.9 Å². The van der Waals surface area contributed by atoms with Crippen LogP contribution in [0, 0.1) is 0 Å². The second-order valence-corrected chi connectivity index (χ2v) is 3.20. The van der Waals surface area contributed by atoms with Crippen LogP contribution in [0.5, 0.6) is 0 Å². The fourth-order valence-corrected chi connectivity index (χ4v) is 0.380. The van der Waals surface area contributed by atoms with Crippen molar-refractivity contribution in [2.75, 3.05) is 19.8 Å². The van der Waals surface area contributed by atoms with Gasteiger partial charge in [0.05, 0.1) is 31.8 Å². The van der Waals surface area contributed by atoms with Crippen LogP contribution in [0.2, 0.25) is 0 Å². The molecule has 0 radical (unpaired) electrons. The molecule has 8 nitrogen and oxygen atoms in total. The SMILES string of the molecule is NC(=O)CCC(=O)O.NC(CO)(CO)CO. The Morgan fingerprint density at radius 1 is 1.00 bits per heavy atom. The van der Waals surface area contributed by atoms with E-state index in [9.17, 15) is 9.59 Å². The number of aliphatic hydroxyl groups excluding tert-OH is 3. The Bertz CT molecular complexity index is 194. The molecule has 0 fully saturated rings. The third kappa shape index (κ3) is 10.9. The summed E-state index contributed by atoms with van der Waals surface area (Å²) in [6.45, 7) is -1.21. The average Bonchev–Trinajstić information content (AvgIpc) is 2.26. The first-order valence-electron chi connectivity index (χ1n) is 4.43. The lowest BCUT2D eigenvalue weighted by molar-refractivity contribution is -0.138. The molecule has 0 atom stereocenters. The third-order valence-corrected chi connectivity index (χ3v) is 1.53. The van der Waals surface area contributed by atoms with Gasteiger partial charge in [0.2, 0.25) is 5.91 Å². The Labute approximate surface area is 92.5 Å². The van der Waals surface area contributed by atoms with Crippen LogP contribution in [0.3, 0.4) is 0 Å². The van der Waals surface area contributed by atoms with Gasteiger partial charge in [0.15, 0.2) is 0 Å². The van der Waals surface area contributed by atoms with Gasteiger partial charge in [0.1, 0.15) is 0 Å². The molecule has 1 amide bonds. The van der Waals surface area contributed by atoms with Crippen LogP contribution in [0.25, 0.3) is 0 Å². The van der Waals surface area contributed by atoms with Crippen LogP contribution in [0.1, 0.15) is 12.8 Å². The summed E-state index contributed by atoms with van der Waals surface area (Å²) in [6, 6.07) is 0. The van der Waals surface area contributed by atoms with E-state index in [1.807, 2.05) is 0 Å². The van der Waals surface area contributed by atoms with E-state index < -0.39 is 37.2 Å². The summed E-state index contributed by atoms with van der Waals surface area (Å²) in [6.07, 6.45) is -0.245. The van der Waals surface area contributed by atoms with Crippen molar-refractivity contribution in [3.8, 4) is 0 Å². The Balaban J connectivity index is 0. The number of aliphatic carboxylic acids is 1. The molecule has 0 aromatic rings. The summed E-state index contributed by atoms with van der Waals surface area (Å²) in [7, 11) is 0. The zero-order valence-corrected chi connectivity index (χ0v) is 8.80. The third-order valence-electron chi connectivity index (χ3n) is 1.53. The molecule has 0 aliphatic carbocycles. The number of amides is 1. The highest BCUT2D eigenvalue weighted by atomic mass is 16.4. The molecule has 0 rings (SSSR count). The fraction of sp³-hybridized carbons (Fsp3) is 0.750. The summed E-state index contributed by atoms with van der Waals surface area (Å²) >= 11 is 0. The number of carbonyl (C=O) groups is 2. The molecule has 0 aliphatic rings. The highest BCUT2D eigenvalue weighted by Crippen LogP contribution is 1.93. The number of primary amides is 1. The molecule has 0 saturated carbocycles. The Morgan fingerprint density at radius 2 is 1.38 bits per heavy atom. The molecule has 0 aliphatic heterocycles. The molecule has 16 heavy (non-hydrogen) atoms. The van der Waals surface area contributed by atoms with Gasteiger partial charge in [-0.2, -0.15) is 0 Å². The van der Waals surface area contributed by atoms with Gasteiger partial charge in [-0.3, -0.25) is 9.59 Å². The first kappa shape index (κ1) is 17.2. The van der Waals surface area contributed by atoms with Gasteiger partial charge >= 0.3 is 5.97 Å². The van der Waals surface area contributed by atoms with Crippen molar-refractivity contribution in [3.63, 3.8) is 0 Å². The normalized spacial score (nSPS) is 10.2. The molecule has 0 aromatic heterocycles. The number of hydrogen-bond donors (Lipinski definition) is 6. The fourth-order valence-electron chi connectivity index (χ4n) is 0.380. The number of carbonyl (C=O) groups excluding carboxylic acids is 1. The van der Waals surface area contributed by atoms with E-state index in [4.69, 9.17) is 26.2 Å². The lowest BCUT2D eigenvalue weighted by atomic mass is 10.1. The highest BCUT2D eigenvalue weighted by molar-refractivity contribution is 5.79. The molecule has 96 valence electrons. The number of hydrogen-bond acceptors (Lipinski definition) is 6. The molecule has 0 aromatic carbocycles. The van der Waals surface area contributed by atoms with Crippen LogP contribution in [0.4, 0.5) is 0 Å². The quantitative estimate of drug-likeness (QED) is 0.286. The van der Waals surface area contributed by atoms with Crippen molar-refractivity contribution in [3.05, 3.63) is 0 Å². The number of nitrogens with two attached hydrogens (primary N) is 2. The maximum absolute atomic E-state index is 9.86. The molecule has 0 bridgehead atoms. The van der Waals surface area contributed by atoms with Crippen molar-refractivity contribution in [1.29, 1.82) is 0 Å². The summed E-state index contributed by atoms with van der Waals surface area (Å²) < 4.78 is 0. The van der Waals surface area contributed by atoms with E-state index >= 15 is 0 Å². The Morgan fingerprint density at radius 3 is 1.44 bits per heavy atom. The Hall–Kier alpha value is -1.22. The zero-order chi connectivity index (χ0) is 13.2. The summed E-state index contributed by atoms with van der Waals surface area (Å²) in [5.74, 6) is -1.57. The van der Waals surface area contributed by atoms with Crippen molar-refractivity contribution in [2.45, 2.75) is 18.4 Å². The van der Waals surface area contributed by atoms with Gasteiger partial charge in [0, 0.05) is 6.42 Å². The van der Waals surface area contributed by atoms with Crippen LogP contribution in [-0.2, 0) is 9.59 Å². The number of carboxylic acids is 1. The predicted octanol–water partition coefficient (Wildman–Crippen LogP) is -3.00. The Kier molecular flexibility index (Phi) is 9.71. The first-order valence-corrected chi connectivity index (χ1v) is 4.43.